The highest BCUT2D eigenvalue weighted by Gasteiger charge is 2.10. The third-order valence-corrected chi connectivity index (χ3v) is 4.64. The third kappa shape index (κ3) is 6.99. The monoisotopic (exact) mass is 419 g/mol. The van der Waals surface area contributed by atoms with Gasteiger partial charge in [0.2, 0.25) is 11.8 Å². The number of oxazole rings is 1. The van der Waals surface area contributed by atoms with Crippen molar-refractivity contribution >= 4 is 11.9 Å². The first kappa shape index (κ1) is 22.1. The summed E-state index contributed by atoms with van der Waals surface area (Å²) in [6.45, 7) is 4.20. The normalized spacial score (nSPS) is 11.2. The minimum Gasteiger partial charge on any atom is -0.444 e. The molecule has 0 aliphatic carbocycles. The zero-order valence-electron chi connectivity index (χ0n) is 18.0. The van der Waals surface area contributed by atoms with E-state index >= 15 is 0 Å². The van der Waals surface area contributed by atoms with E-state index < -0.39 is 0 Å². The Hall–Kier alpha value is -3.61. The van der Waals surface area contributed by atoms with Crippen LogP contribution < -0.4 is 10.6 Å². The molecular weight excluding hydrogens is 390 g/mol. The predicted octanol–water partition coefficient (Wildman–Crippen LogP) is 3.45. The van der Waals surface area contributed by atoms with Gasteiger partial charge in [0.25, 0.3) is 0 Å². The van der Waals surface area contributed by atoms with E-state index in [4.69, 9.17) is 4.42 Å². The zero-order valence-corrected chi connectivity index (χ0v) is 18.0. The van der Waals surface area contributed by atoms with Gasteiger partial charge in [-0.25, -0.2) is 9.98 Å². The molecule has 3 rings (SSSR count). The van der Waals surface area contributed by atoms with Crippen LogP contribution in [-0.2, 0) is 17.9 Å². The minimum atomic E-state index is 0.0798. The summed E-state index contributed by atoms with van der Waals surface area (Å²) in [6, 6.07) is 19.7. The van der Waals surface area contributed by atoms with E-state index in [9.17, 15) is 4.79 Å². The fourth-order valence-electron chi connectivity index (χ4n) is 3.02. The summed E-state index contributed by atoms with van der Waals surface area (Å²) in [7, 11) is 1.82. The summed E-state index contributed by atoms with van der Waals surface area (Å²) < 4.78 is 5.56. The topological polar surface area (TPSA) is 82.8 Å². The molecule has 0 saturated heterocycles. The number of nitrogens with one attached hydrogen (secondary N) is 2. The molecule has 3 aromatic rings. The number of carbonyl (C=O) groups excluding carboxylic acids is 1. The van der Waals surface area contributed by atoms with Crippen LogP contribution in [0.3, 0.4) is 0 Å². The molecule has 0 atom stereocenters. The first-order chi connectivity index (χ1) is 15.2. The van der Waals surface area contributed by atoms with Crippen LogP contribution in [0.4, 0.5) is 0 Å². The van der Waals surface area contributed by atoms with Crippen LogP contribution in [0.5, 0.6) is 0 Å². The molecule has 0 aliphatic rings. The summed E-state index contributed by atoms with van der Waals surface area (Å²) in [5.41, 5.74) is 2.79. The van der Waals surface area contributed by atoms with Crippen LogP contribution in [0.1, 0.15) is 24.6 Å². The maximum atomic E-state index is 12.4. The molecule has 162 valence electrons. The Morgan fingerprint density at radius 3 is 2.48 bits per heavy atom. The summed E-state index contributed by atoms with van der Waals surface area (Å²) in [4.78, 5) is 23.2. The highest BCUT2D eigenvalue weighted by Crippen LogP contribution is 2.18. The summed E-state index contributed by atoms with van der Waals surface area (Å²) in [6.07, 6.45) is 2.01. The van der Waals surface area contributed by atoms with Gasteiger partial charge in [-0.15, -0.1) is 0 Å². The van der Waals surface area contributed by atoms with Crippen molar-refractivity contribution in [2.45, 2.75) is 26.4 Å². The first-order valence-electron chi connectivity index (χ1n) is 10.5. The smallest absolute Gasteiger partial charge is 0.226 e. The number of aromatic nitrogens is 1. The molecule has 31 heavy (non-hydrogen) atoms. The van der Waals surface area contributed by atoms with Gasteiger partial charge in [0.15, 0.2) is 5.96 Å². The SMILES string of the molecule is CCNC(=NCc1coc(-c2ccccc2)n1)NCCC(=O)N(C)Cc1ccccc1. The van der Waals surface area contributed by atoms with Gasteiger partial charge in [-0.05, 0) is 24.6 Å². The molecule has 1 aromatic heterocycles. The quantitative estimate of drug-likeness (QED) is 0.410. The van der Waals surface area contributed by atoms with Gasteiger partial charge in [-0.1, -0.05) is 48.5 Å². The second-order valence-electron chi connectivity index (χ2n) is 7.12. The van der Waals surface area contributed by atoms with Gasteiger partial charge < -0.3 is 20.0 Å². The lowest BCUT2D eigenvalue weighted by Crippen LogP contribution is -2.39. The molecule has 0 aliphatic heterocycles. The standard InChI is InChI=1S/C24H29N5O2/c1-3-25-24(26-15-14-22(30)29(2)17-19-10-6-4-7-11-19)27-16-21-18-31-23(28-21)20-12-8-5-9-13-20/h4-13,18H,3,14-17H2,1-2H3,(H2,25,26,27). The molecular formula is C24H29N5O2. The van der Waals surface area contributed by atoms with Gasteiger partial charge in [-0.3, -0.25) is 4.79 Å². The van der Waals surface area contributed by atoms with Crippen molar-refractivity contribution in [3.05, 3.63) is 78.2 Å². The Kier molecular flexibility index (Phi) is 8.22. The largest absolute Gasteiger partial charge is 0.444 e. The Morgan fingerprint density at radius 1 is 1.06 bits per heavy atom. The van der Waals surface area contributed by atoms with E-state index in [0.29, 0.717) is 37.9 Å². The van der Waals surface area contributed by atoms with E-state index in [1.807, 2.05) is 74.6 Å². The predicted molar refractivity (Wildman–Crippen MR) is 122 cm³/mol. The Labute approximate surface area is 183 Å². The van der Waals surface area contributed by atoms with Gasteiger partial charge in [0.05, 0.1) is 6.54 Å². The number of guanidine groups is 1. The highest BCUT2D eigenvalue weighted by molar-refractivity contribution is 5.81. The van der Waals surface area contributed by atoms with Crippen LogP contribution >= 0.6 is 0 Å². The van der Waals surface area contributed by atoms with E-state index in [-0.39, 0.29) is 5.91 Å². The first-order valence-corrected chi connectivity index (χ1v) is 10.5. The lowest BCUT2D eigenvalue weighted by atomic mass is 10.2. The van der Waals surface area contributed by atoms with Gasteiger partial charge in [0, 0.05) is 38.7 Å². The van der Waals surface area contributed by atoms with Gasteiger partial charge >= 0.3 is 0 Å². The number of rotatable bonds is 9. The lowest BCUT2D eigenvalue weighted by molar-refractivity contribution is -0.130. The second kappa shape index (κ2) is 11.5. The Morgan fingerprint density at radius 2 is 1.77 bits per heavy atom. The van der Waals surface area contributed by atoms with Crippen molar-refractivity contribution in [2.75, 3.05) is 20.1 Å². The maximum Gasteiger partial charge on any atom is 0.226 e. The molecule has 2 aromatic carbocycles. The summed E-state index contributed by atoms with van der Waals surface area (Å²) in [5.74, 6) is 1.30. The number of amides is 1. The molecule has 0 saturated carbocycles. The van der Waals surface area contributed by atoms with Crippen molar-refractivity contribution < 1.29 is 9.21 Å². The van der Waals surface area contributed by atoms with E-state index in [1.54, 1.807) is 11.2 Å². The molecule has 0 unspecified atom stereocenters. The Balaban J connectivity index is 1.48. The van der Waals surface area contributed by atoms with E-state index in [0.717, 1.165) is 23.4 Å². The number of nitrogens with zero attached hydrogens (tertiary/aromatic N) is 3. The number of hydrogen-bond donors (Lipinski definition) is 2. The molecule has 0 bridgehead atoms. The molecule has 2 N–H and O–H groups in total. The van der Waals surface area contributed by atoms with Crippen LogP contribution in [0.25, 0.3) is 11.5 Å². The third-order valence-electron chi connectivity index (χ3n) is 4.64. The van der Waals surface area contributed by atoms with Crippen LogP contribution in [0.2, 0.25) is 0 Å². The van der Waals surface area contributed by atoms with Crippen molar-refractivity contribution in [3.8, 4) is 11.5 Å². The average Bonchev–Trinajstić information content (AvgIpc) is 3.28. The van der Waals surface area contributed by atoms with Crippen LogP contribution in [0.15, 0.2) is 76.3 Å². The van der Waals surface area contributed by atoms with Crippen molar-refractivity contribution in [1.82, 2.24) is 20.5 Å². The van der Waals surface area contributed by atoms with Gasteiger partial charge in [-0.2, -0.15) is 0 Å². The van der Waals surface area contributed by atoms with Crippen molar-refractivity contribution in [3.63, 3.8) is 0 Å². The van der Waals surface area contributed by atoms with Crippen LogP contribution in [0, 0.1) is 0 Å². The van der Waals surface area contributed by atoms with Gasteiger partial charge in [0.1, 0.15) is 12.0 Å². The average molecular weight is 420 g/mol. The second-order valence-corrected chi connectivity index (χ2v) is 7.12. The summed E-state index contributed by atoms with van der Waals surface area (Å²) >= 11 is 0. The van der Waals surface area contributed by atoms with Crippen molar-refractivity contribution in [1.29, 1.82) is 0 Å². The van der Waals surface area contributed by atoms with Crippen LogP contribution in [-0.4, -0.2) is 41.9 Å². The highest BCUT2D eigenvalue weighted by atomic mass is 16.3. The number of benzene rings is 2. The maximum absolute atomic E-state index is 12.4. The van der Waals surface area contributed by atoms with E-state index in [2.05, 4.69) is 20.6 Å². The molecule has 0 radical (unpaired) electrons. The number of hydrogen-bond acceptors (Lipinski definition) is 4. The Bertz CT molecular complexity index is 970. The minimum absolute atomic E-state index is 0.0798. The molecule has 0 spiro atoms. The fourth-order valence-corrected chi connectivity index (χ4v) is 3.02. The molecule has 1 heterocycles. The number of aliphatic imine (C=N–C) groups is 1. The molecule has 7 heteroatoms. The number of carbonyl (C=O) groups is 1. The van der Waals surface area contributed by atoms with E-state index in [1.165, 1.54) is 0 Å². The van der Waals surface area contributed by atoms with Crippen molar-refractivity contribution in [2.24, 2.45) is 4.99 Å². The molecule has 7 nitrogen and oxygen atoms in total. The lowest BCUT2D eigenvalue weighted by Gasteiger charge is -2.18. The zero-order chi connectivity index (χ0) is 21.9. The molecule has 0 fully saturated rings. The molecule has 1 amide bonds. The summed E-state index contributed by atoms with van der Waals surface area (Å²) in [5, 5.41) is 6.40. The fraction of sp³-hybridized carbons (Fsp3) is 0.292.